The van der Waals surface area contributed by atoms with E-state index in [1.165, 1.54) is 0 Å². The van der Waals surface area contributed by atoms with Gasteiger partial charge in [-0.1, -0.05) is 20.8 Å². The van der Waals surface area contributed by atoms with Crippen LogP contribution in [0.2, 0.25) is 0 Å². The monoisotopic (exact) mass is 240 g/mol. The van der Waals surface area contributed by atoms with Gasteiger partial charge >= 0.3 is 0 Å². The fraction of sp³-hybridized carbons (Fsp3) is 0.929. The quantitative estimate of drug-likeness (QED) is 0.736. The smallest absolute Gasteiger partial charge is 0.222 e. The standard InChI is InChI=1S/C14H28N2O/c1-5-6-14(17)16(11-12(2)3)13-7-9-15(4)10-8-13/h12-13H,5-11H2,1-4H3. The average Bonchev–Trinajstić information content (AvgIpc) is 2.27. The first kappa shape index (κ1) is 14.5. The summed E-state index contributed by atoms with van der Waals surface area (Å²) in [4.78, 5) is 16.7. The third-order valence-electron chi connectivity index (χ3n) is 3.47. The van der Waals surface area contributed by atoms with Gasteiger partial charge in [0.1, 0.15) is 0 Å². The molecule has 0 spiro atoms. The second-order valence-corrected chi connectivity index (χ2v) is 5.72. The minimum atomic E-state index is 0.357. The van der Waals surface area contributed by atoms with Crippen LogP contribution in [0.15, 0.2) is 0 Å². The van der Waals surface area contributed by atoms with Crippen molar-refractivity contribution in [3.8, 4) is 0 Å². The Balaban J connectivity index is 2.58. The van der Waals surface area contributed by atoms with Gasteiger partial charge in [0.05, 0.1) is 0 Å². The summed E-state index contributed by atoms with van der Waals surface area (Å²) < 4.78 is 0. The summed E-state index contributed by atoms with van der Waals surface area (Å²) in [5, 5.41) is 0. The van der Waals surface area contributed by atoms with Crippen LogP contribution in [-0.2, 0) is 4.79 Å². The fourth-order valence-corrected chi connectivity index (χ4v) is 2.51. The number of hydrogen-bond donors (Lipinski definition) is 0. The van der Waals surface area contributed by atoms with Crippen molar-refractivity contribution in [2.75, 3.05) is 26.7 Å². The van der Waals surface area contributed by atoms with Crippen LogP contribution in [0, 0.1) is 5.92 Å². The Morgan fingerprint density at radius 3 is 2.41 bits per heavy atom. The number of piperidine rings is 1. The van der Waals surface area contributed by atoms with Gasteiger partial charge in [0.25, 0.3) is 0 Å². The molecule has 0 bridgehead atoms. The molecule has 17 heavy (non-hydrogen) atoms. The van der Waals surface area contributed by atoms with Crippen molar-refractivity contribution in [3.05, 3.63) is 0 Å². The molecule has 1 rings (SSSR count). The van der Waals surface area contributed by atoms with Crippen molar-refractivity contribution in [1.29, 1.82) is 0 Å². The summed E-state index contributed by atoms with van der Waals surface area (Å²) in [6.45, 7) is 9.65. The Kier molecular flexibility index (Phi) is 5.96. The van der Waals surface area contributed by atoms with Gasteiger partial charge in [0.2, 0.25) is 5.91 Å². The topological polar surface area (TPSA) is 23.6 Å². The summed E-state index contributed by atoms with van der Waals surface area (Å²) in [5.41, 5.74) is 0. The molecule has 1 saturated heterocycles. The van der Waals surface area contributed by atoms with Crippen molar-refractivity contribution < 1.29 is 4.79 Å². The van der Waals surface area contributed by atoms with Gasteiger partial charge < -0.3 is 9.80 Å². The van der Waals surface area contributed by atoms with E-state index in [4.69, 9.17) is 0 Å². The van der Waals surface area contributed by atoms with E-state index in [0.29, 0.717) is 24.3 Å². The second kappa shape index (κ2) is 7.00. The summed E-state index contributed by atoms with van der Waals surface area (Å²) in [7, 11) is 2.16. The van der Waals surface area contributed by atoms with Crippen LogP contribution in [0.3, 0.4) is 0 Å². The first-order chi connectivity index (χ1) is 8.04. The molecule has 0 aromatic heterocycles. The zero-order valence-corrected chi connectivity index (χ0v) is 11.9. The number of nitrogens with zero attached hydrogens (tertiary/aromatic N) is 2. The third kappa shape index (κ3) is 4.66. The fourth-order valence-electron chi connectivity index (χ4n) is 2.51. The molecule has 0 unspecified atom stereocenters. The van der Waals surface area contributed by atoms with Crippen LogP contribution in [0.25, 0.3) is 0 Å². The lowest BCUT2D eigenvalue weighted by Gasteiger charge is -2.38. The average molecular weight is 240 g/mol. The molecule has 100 valence electrons. The molecule has 0 atom stereocenters. The maximum atomic E-state index is 12.2. The predicted octanol–water partition coefficient (Wildman–Crippen LogP) is 2.37. The number of hydrogen-bond acceptors (Lipinski definition) is 2. The van der Waals surface area contributed by atoms with E-state index in [1.807, 2.05) is 0 Å². The summed E-state index contributed by atoms with van der Waals surface area (Å²) in [6.07, 6.45) is 3.94. The van der Waals surface area contributed by atoms with Crippen LogP contribution in [0.5, 0.6) is 0 Å². The summed E-state index contributed by atoms with van der Waals surface area (Å²) in [6, 6.07) is 0.479. The van der Waals surface area contributed by atoms with Crippen LogP contribution >= 0.6 is 0 Å². The number of rotatable bonds is 5. The van der Waals surface area contributed by atoms with Gasteiger partial charge in [0.15, 0.2) is 0 Å². The molecular formula is C14H28N2O. The lowest BCUT2D eigenvalue weighted by molar-refractivity contribution is -0.135. The molecular weight excluding hydrogens is 212 g/mol. The van der Waals surface area contributed by atoms with Crippen molar-refractivity contribution in [1.82, 2.24) is 9.80 Å². The first-order valence-corrected chi connectivity index (χ1v) is 7.02. The molecule has 1 amide bonds. The zero-order chi connectivity index (χ0) is 12.8. The van der Waals surface area contributed by atoms with Gasteiger partial charge in [-0.2, -0.15) is 0 Å². The highest BCUT2D eigenvalue weighted by atomic mass is 16.2. The highest BCUT2D eigenvalue weighted by Crippen LogP contribution is 2.18. The molecule has 0 saturated carbocycles. The van der Waals surface area contributed by atoms with Crippen LogP contribution in [-0.4, -0.2) is 48.4 Å². The van der Waals surface area contributed by atoms with Crippen molar-refractivity contribution in [2.24, 2.45) is 5.92 Å². The lowest BCUT2D eigenvalue weighted by Crippen LogP contribution is -2.47. The second-order valence-electron chi connectivity index (χ2n) is 5.72. The lowest BCUT2D eigenvalue weighted by atomic mass is 10.0. The van der Waals surface area contributed by atoms with E-state index < -0.39 is 0 Å². The molecule has 1 fully saturated rings. The molecule has 0 radical (unpaired) electrons. The Hall–Kier alpha value is -0.570. The van der Waals surface area contributed by atoms with Gasteiger partial charge in [-0.3, -0.25) is 4.79 Å². The predicted molar refractivity (Wildman–Crippen MR) is 72.0 cm³/mol. The van der Waals surface area contributed by atoms with Gasteiger partial charge in [-0.25, -0.2) is 0 Å². The highest BCUT2D eigenvalue weighted by Gasteiger charge is 2.26. The number of likely N-dealkylation sites (tertiary alicyclic amines) is 1. The van der Waals surface area contributed by atoms with Crippen LogP contribution in [0.4, 0.5) is 0 Å². The largest absolute Gasteiger partial charge is 0.339 e. The van der Waals surface area contributed by atoms with Gasteiger partial charge in [0, 0.05) is 19.0 Å². The molecule has 1 aliphatic heterocycles. The van der Waals surface area contributed by atoms with Crippen LogP contribution < -0.4 is 0 Å². The van der Waals surface area contributed by atoms with Crippen molar-refractivity contribution in [2.45, 2.75) is 52.5 Å². The van der Waals surface area contributed by atoms with E-state index in [1.54, 1.807) is 0 Å². The highest BCUT2D eigenvalue weighted by molar-refractivity contribution is 5.76. The van der Waals surface area contributed by atoms with E-state index in [0.717, 1.165) is 38.9 Å². The number of carbonyl (C=O) groups is 1. The molecule has 3 nitrogen and oxygen atoms in total. The van der Waals surface area contributed by atoms with E-state index >= 15 is 0 Å². The molecule has 0 N–H and O–H groups in total. The van der Waals surface area contributed by atoms with E-state index in [-0.39, 0.29) is 0 Å². The summed E-state index contributed by atoms with van der Waals surface area (Å²) >= 11 is 0. The first-order valence-electron chi connectivity index (χ1n) is 7.02. The Labute approximate surface area is 106 Å². The summed E-state index contributed by atoms with van der Waals surface area (Å²) in [5.74, 6) is 0.922. The van der Waals surface area contributed by atoms with Gasteiger partial charge in [-0.15, -0.1) is 0 Å². The Morgan fingerprint density at radius 1 is 1.35 bits per heavy atom. The minimum absolute atomic E-state index is 0.357. The Morgan fingerprint density at radius 2 is 1.94 bits per heavy atom. The molecule has 3 heteroatoms. The van der Waals surface area contributed by atoms with Crippen LogP contribution in [0.1, 0.15) is 46.5 Å². The minimum Gasteiger partial charge on any atom is -0.339 e. The van der Waals surface area contributed by atoms with E-state index in [9.17, 15) is 4.79 Å². The van der Waals surface area contributed by atoms with Gasteiger partial charge in [-0.05, 0) is 45.3 Å². The molecule has 1 aliphatic rings. The molecule has 0 aliphatic carbocycles. The Bertz CT molecular complexity index is 232. The molecule has 0 aromatic carbocycles. The van der Waals surface area contributed by atoms with Crippen molar-refractivity contribution >= 4 is 5.91 Å². The molecule has 0 aromatic rings. The van der Waals surface area contributed by atoms with E-state index in [2.05, 4.69) is 37.6 Å². The third-order valence-corrected chi connectivity index (χ3v) is 3.47. The van der Waals surface area contributed by atoms with Crippen molar-refractivity contribution in [3.63, 3.8) is 0 Å². The SMILES string of the molecule is CCCC(=O)N(CC(C)C)C1CCN(C)CC1. The number of amides is 1. The zero-order valence-electron chi connectivity index (χ0n) is 11.9. The maximum Gasteiger partial charge on any atom is 0.222 e. The normalized spacial score (nSPS) is 18.6. The molecule has 1 heterocycles. The maximum absolute atomic E-state index is 12.2. The number of carbonyl (C=O) groups excluding carboxylic acids is 1.